The average molecular weight is 384 g/mol. The van der Waals surface area contributed by atoms with Gasteiger partial charge in [-0.1, -0.05) is 19.3 Å². The molecule has 1 unspecified atom stereocenters. The number of aromatic amines is 1. The van der Waals surface area contributed by atoms with Gasteiger partial charge in [0.2, 0.25) is 0 Å². The van der Waals surface area contributed by atoms with Gasteiger partial charge in [0.15, 0.2) is 0 Å². The highest BCUT2D eigenvalue weighted by molar-refractivity contribution is 5.98. The quantitative estimate of drug-likeness (QED) is 0.780. The molecule has 5 nitrogen and oxygen atoms in total. The van der Waals surface area contributed by atoms with Crippen LogP contribution in [0.1, 0.15) is 62.9 Å². The van der Waals surface area contributed by atoms with E-state index in [-0.39, 0.29) is 12.0 Å². The summed E-state index contributed by atoms with van der Waals surface area (Å²) in [5.74, 6) is 1.52. The number of carbonyl (C=O) groups is 1. The van der Waals surface area contributed by atoms with Crippen LogP contribution in [0.15, 0.2) is 24.3 Å². The second kappa shape index (κ2) is 8.56. The molecule has 1 aromatic heterocycles. The van der Waals surface area contributed by atoms with Crippen molar-refractivity contribution in [3.05, 3.63) is 30.0 Å². The van der Waals surface area contributed by atoms with Gasteiger partial charge in [-0.05, 0) is 63.3 Å². The molecule has 4 rings (SSSR count). The number of fused-ring (bicyclic) bond motifs is 1. The van der Waals surface area contributed by atoms with Crippen LogP contribution in [-0.2, 0) is 0 Å². The predicted octanol–water partition coefficient (Wildman–Crippen LogP) is 4.34. The van der Waals surface area contributed by atoms with Gasteiger partial charge in [-0.3, -0.25) is 9.69 Å². The van der Waals surface area contributed by atoms with Crippen LogP contribution >= 0.6 is 0 Å². The number of amides is 1. The summed E-state index contributed by atoms with van der Waals surface area (Å²) in [4.78, 5) is 18.2. The third kappa shape index (κ3) is 4.52. The molecule has 2 heterocycles. The predicted molar refractivity (Wildman–Crippen MR) is 113 cm³/mol. The zero-order chi connectivity index (χ0) is 19.5. The number of carbonyl (C=O) groups excluding carboxylic acids is 1. The van der Waals surface area contributed by atoms with Crippen LogP contribution in [0.5, 0.6) is 5.75 Å². The van der Waals surface area contributed by atoms with Crippen LogP contribution in [-0.4, -0.2) is 47.6 Å². The summed E-state index contributed by atoms with van der Waals surface area (Å²) in [5.41, 5.74) is 1.61. The van der Waals surface area contributed by atoms with Crippen LogP contribution in [0, 0.1) is 5.92 Å². The molecule has 1 aromatic carbocycles. The molecule has 1 amide bonds. The van der Waals surface area contributed by atoms with E-state index in [0.29, 0.717) is 17.7 Å². The van der Waals surface area contributed by atoms with Crippen molar-refractivity contribution in [2.75, 3.05) is 19.6 Å². The maximum atomic E-state index is 12.5. The molecular weight excluding hydrogens is 350 g/mol. The Kier molecular flexibility index (Phi) is 5.90. The van der Waals surface area contributed by atoms with E-state index in [1.54, 1.807) is 0 Å². The Morgan fingerprint density at radius 2 is 2.04 bits per heavy atom. The van der Waals surface area contributed by atoms with Crippen molar-refractivity contribution in [3.8, 4) is 5.75 Å². The topological polar surface area (TPSA) is 57.4 Å². The van der Waals surface area contributed by atoms with Gasteiger partial charge < -0.3 is 15.0 Å². The van der Waals surface area contributed by atoms with Crippen molar-refractivity contribution in [3.63, 3.8) is 0 Å². The monoisotopic (exact) mass is 383 g/mol. The Morgan fingerprint density at radius 1 is 1.21 bits per heavy atom. The van der Waals surface area contributed by atoms with Gasteiger partial charge in [-0.25, -0.2) is 0 Å². The van der Waals surface area contributed by atoms with E-state index < -0.39 is 0 Å². The number of aromatic nitrogens is 1. The van der Waals surface area contributed by atoms with Crippen molar-refractivity contribution in [1.82, 2.24) is 15.2 Å². The van der Waals surface area contributed by atoms with E-state index in [1.807, 2.05) is 24.3 Å². The van der Waals surface area contributed by atoms with Gasteiger partial charge in [0.25, 0.3) is 5.91 Å². The van der Waals surface area contributed by atoms with Gasteiger partial charge in [-0.15, -0.1) is 0 Å². The second-order valence-corrected chi connectivity index (χ2v) is 8.76. The Morgan fingerprint density at radius 3 is 2.79 bits per heavy atom. The number of nitrogens with zero attached hydrogens (tertiary/aromatic N) is 1. The molecule has 1 aliphatic heterocycles. The van der Waals surface area contributed by atoms with Crippen LogP contribution in [0.4, 0.5) is 0 Å². The highest BCUT2D eigenvalue weighted by atomic mass is 16.5. The molecule has 2 N–H and O–H groups in total. The van der Waals surface area contributed by atoms with Crippen molar-refractivity contribution in [2.45, 2.75) is 64.5 Å². The molecule has 0 bridgehead atoms. The molecular formula is C23H33N3O2. The first-order valence-corrected chi connectivity index (χ1v) is 10.9. The summed E-state index contributed by atoms with van der Waals surface area (Å²) in [6.07, 6.45) is 7.73. The summed E-state index contributed by atoms with van der Waals surface area (Å²) in [7, 11) is 0. The molecule has 2 aromatic rings. The Hall–Kier alpha value is -2.01. The smallest absolute Gasteiger partial charge is 0.267 e. The fourth-order valence-corrected chi connectivity index (χ4v) is 4.54. The number of nitrogens with one attached hydrogen (secondary N) is 2. The van der Waals surface area contributed by atoms with Crippen molar-refractivity contribution in [2.24, 2.45) is 5.92 Å². The maximum absolute atomic E-state index is 12.5. The first-order chi connectivity index (χ1) is 13.6. The van der Waals surface area contributed by atoms with Gasteiger partial charge >= 0.3 is 0 Å². The van der Waals surface area contributed by atoms with Crippen molar-refractivity contribution < 1.29 is 9.53 Å². The maximum Gasteiger partial charge on any atom is 0.267 e. The summed E-state index contributed by atoms with van der Waals surface area (Å²) in [5, 5.41) is 4.14. The van der Waals surface area contributed by atoms with E-state index in [4.69, 9.17) is 4.74 Å². The standard InChI is InChI=1S/C23H33N3O2/c1-16(2)26-11-10-20(15-26)28-19-8-9-21-18(12-19)13-22(25-21)23(27)24-14-17-6-4-3-5-7-17/h8-9,12-13,16-17,20,25H,3-7,10-11,14-15H2,1-2H3,(H,24,27). The molecule has 2 fully saturated rings. The summed E-state index contributed by atoms with van der Waals surface area (Å²) in [6.45, 7) is 7.33. The average Bonchev–Trinajstić information content (AvgIpc) is 3.34. The molecule has 2 aliphatic rings. The lowest BCUT2D eigenvalue weighted by atomic mass is 9.89. The fraction of sp³-hybridized carbons (Fsp3) is 0.609. The number of ether oxygens (including phenoxy) is 1. The molecule has 0 spiro atoms. The Labute approximate surface area is 167 Å². The largest absolute Gasteiger partial charge is 0.489 e. The van der Waals surface area contributed by atoms with Crippen LogP contribution in [0.3, 0.4) is 0 Å². The SMILES string of the molecule is CC(C)N1CCC(Oc2ccc3[nH]c(C(=O)NCC4CCCCC4)cc3c2)C1. The first-order valence-electron chi connectivity index (χ1n) is 10.9. The first kappa shape index (κ1) is 19.3. The third-order valence-corrected chi connectivity index (χ3v) is 6.32. The number of hydrogen-bond acceptors (Lipinski definition) is 3. The number of H-pyrrole nitrogens is 1. The lowest BCUT2D eigenvalue weighted by molar-refractivity contribution is 0.0939. The molecule has 0 radical (unpaired) electrons. The lowest BCUT2D eigenvalue weighted by Crippen LogP contribution is -2.30. The minimum Gasteiger partial charge on any atom is -0.489 e. The van der Waals surface area contributed by atoms with E-state index in [1.165, 1.54) is 32.1 Å². The number of hydrogen-bond donors (Lipinski definition) is 2. The highest BCUT2D eigenvalue weighted by Crippen LogP contribution is 2.26. The Balaban J connectivity index is 1.37. The minimum absolute atomic E-state index is 0.00684. The van der Waals surface area contributed by atoms with Crippen molar-refractivity contribution >= 4 is 16.8 Å². The summed E-state index contributed by atoms with van der Waals surface area (Å²) in [6, 6.07) is 8.56. The lowest BCUT2D eigenvalue weighted by Gasteiger charge is -2.21. The van der Waals surface area contributed by atoms with Crippen LogP contribution < -0.4 is 10.1 Å². The van der Waals surface area contributed by atoms with Gasteiger partial charge in [0, 0.05) is 36.6 Å². The van der Waals surface area contributed by atoms with E-state index in [2.05, 4.69) is 29.0 Å². The number of benzene rings is 1. The van der Waals surface area contributed by atoms with Gasteiger partial charge in [0.1, 0.15) is 17.5 Å². The molecule has 1 atom stereocenters. The molecule has 1 saturated carbocycles. The van der Waals surface area contributed by atoms with Gasteiger partial charge in [0.05, 0.1) is 0 Å². The Bertz CT molecular complexity index is 807. The van der Waals surface area contributed by atoms with E-state index in [0.717, 1.165) is 42.7 Å². The third-order valence-electron chi connectivity index (χ3n) is 6.32. The molecule has 1 aliphatic carbocycles. The fourth-order valence-electron chi connectivity index (χ4n) is 4.54. The molecule has 152 valence electrons. The van der Waals surface area contributed by atoms with Gasteiger partial charge in [-0.2, -0.15) is 0 Å². The summed E-state index contributed by atoms with van der Waals surface area (Å²) < 4.78 is 6.20. The van der Waals surface area contributed by atoms with E-state index in [9.17, 15) is 4.79 Å². The molecule has 1 saturated heterocycles. The zero-order valence-corrected chi connectivity index (χ0v) is 17.2. The van der Waals surface area contributed by atoms with Crippen LogP contribution in [0.2, 0.25) is 0 Å². The van der Waals surface area contributed by atoms with E-state index >= 15 is 0 Å². The normalized spacial score (nSPS) is 21.5. The van der Waals surface area contributed by atoms with Crippen LogP contribution in [0.25, 0.3) is 10.9 Å². The minimum atomic E-state index is -0.00684. The number of rotatable bonds is 6. The van der Waals surface area contributed by atoms with Crippen molar-refractivity contribution in [1.29, 1.82) is 0 Å². The highest BCUT2D eigenvalue weighted by Gasteiger charge is 2.25. The molecule has 28 heavy (non-hydrogen) atoms. The summed E-state index contributed by atoms with van der Waals surface area (Å²) >= 11 is 0. The zero-order valence-electron chi connectivity index (χ0n) is 17.2. The second-order valence-electron chi connectivity index (χ2n) is 8.76. The number of likely N-dealkylation sites (tertiary alicyclic amines) is 1. The molecule has 5 heteroatoms.